The topological polar surface area (TPSA) is 69.6 Å². The summed E-state index contributed by atoms with van der Waals surface area (Å²) in [6.07, 6.45) is 6.14. The van der Waals surface area contributed by atoms with Crippen molar-refractivity contribution in [1.29, 1.82) is 0 Å². The fraction of sp³-hybridized carbons (Fsp3) is 0.857. The first-order valence-electron chi connectivity index (χ1n) is 7.38. The summed E-state index contributed by atoms with van der Waals surface area (Å²) in [5.74, 6) is -0.328. The number of likely N-dealkylation sites (tertiary alicyclic amines) is 1. The van der Waals surface area contributed by atoms with Crippen LogP contribution in [0.15, 0.2) is 0 Å². The molecule has 0 aromatic rings. The predicted molar refractivity (Wildman–Crippen MR) is 72.0 cm³/mol. The molecule has 0 bridgehead atoms. The lowest BCUT2D eigenvalue weighted by molar-refractivity contribution is -0.144. The van der Waals surface area contributed by atoms with Crippen LogP contribution in [0.5, 0.6) is 0 Å². The Morgan fingerprint density at radius 2 is 2.00 bits per heavy atom. The number of carbonyl (C=O) groups excluding carboxylic acids is 1. The number of carboxylic acids is 1. The fourth-order valence-corrected chi connectivity index (χ4v) is 3.24. The minimum absolute atomic E-state index is 0.192. The Kier molecular flexibility index (Phi) is 4.32. The number of carbonyl (C=O) groups is 2. The molecule has 1 aliphatic heterocycles. The number of hydrogen-bond donors (Lipinski definition) is 2. The average molecular weight is 268 g/mol. The number of rotatable bonds is 3. The van der Waals surface area contributed by atoms with Crippen molar-refractivity contribution in [2.75, 3.05) is 13.1 Å². The van der Waals surface area contributed by atoms with E-state index in [1.807, 2.05) is 0 Å². The molecule has 0 spiro atoms. The number of piperidine rings is 1. The summed E-state index contributed by atoms with van der Waals surface area (Å²) in [6, 6.07) is -0.192. The Balaban J connectivity index is 1.97. The molecule has 1 heterocycles. The molecule has 108 valence electrons. The van der Waals surface area contributed by atoms with Crippen LogP contribution in [0.3, 0.4) is 0 Å². The Bertz CT molecular complexity index is 351. The fourth-order valence-electron chi connectivity index (χ4n) is 3.24. The maximum atomic E-state index is 12.3. The summed E-state index contributed by atoms with van der Waals surface area (Å²) in [7, 11) is 0. The standard InChI is InChI=1S/C14H24N2O3/c1-2-11-6-5-9-16(10-11)13(19)15-14(12(17)18)7-3-4-8-14/h11H,2-10H2,1H3,(H,15,19)(H,17,18). The van der Waals surface area contributed by atoms with E-state index >= 15 is 0 Å². The molecule has 2 rings (SSSR count). The zero-order valence-electron chi connectivity index (χ0n) is 11.7. The molecule has 2 aliphatic rings. The maximum absolute atomic E-state index is 12.3. The van der Waals surface area contributed by atoms with Crippen molar-refractivity contribution in [3.05, 3.63) is 0 Å². The van der Waals surface area contributed by atoms with E-state index in [2.05, 4.69) is 12.2 Å². The van der Waals surface area contributed by atoms with Crippen molar-refractivity contribution in [2.45, 2.75) is 57.4 Å². The number of nitrogens with zero attached hydrogens (tertiary/aromatic N) is 1. The van der Waals surface area contributed by atoms with Crippen LogP contribution in [-0.4, -0.2) is 40.6 Å². The van der Waals surface area contributed by atoms with Crippen LogP contribution in [0.4, 0.5) is 4.79 Å². The zero-order valence-corrected chi connectivity index (χ0v) is 11.7. The first-order valence-corrected chi connectivity index (χ1v) is 7.38. The molecule has 2 fully saturated rings. The van der Waals surface area contributed by atoms with Gasteiger partial charge in [0, 0.05) is 13.1 Å². The summed E-state index contributed by atoms with van der Waals surface area (Å²) in [4.78, 5) is 25.5. The van der Waals surface area contributed by atoms with E-state index in [1.54, 1.807) is 4.90 Å². The summed E-state index contributed by atoms with van der Waals surface area (Å²) < 4.78 is 0. The molecule has 1 aliphatic carbocycles. The molecule has 0 radical (unpaired) electrons. The van der Waals surface area contributed by atoms with Gasteiger partial charge in [0.2, 0.25) is 0 Å². The van der Waals surface area contributed by atoms with Crippen LogP contribution in [-0.2, 0) is 4.79 Å². The Morgan fingerprint density at radius 3 is 2.58 bits per heavy atom. The first kappa shape index (κ1) is 14.2. The number of amides is 2. The van der Waals surface area contributed by atoms with Crippen molar-refractivity contribution >= 4 is 12.0 Å². The molecule has 1 atom stereocenters. The van der Waals surface area contributed by atoms with Crippen LogP contribution in [0.25, 0.3) is 0 Å². The average Bonchev–Trinajstić information content (AvgIpc) is 2.88. The molecule has 0 aromatic heterocycles. The van der Waals surface area contributed by atoms with E-state index < -0.39 is 11.5 Å². The maximum Gasteiger partial charge on any atom is 0.329 e. The number of carboxylic acid groups (broad SMARTS) is 1. The van der Waals surface area contributed by atoms with Gasteiger partial charge in [-0.15, -0.1) is 0 Å². The highest BCUT2D eigenvalue weighted by Crippen LogP contribution is 2.30. The zero-order chi connectivity index (χ0) is 13.9. The molecule has 19 heavy (non-hydrogen) atoms. The predicted octanol–water partition coefficient (Wildman–Crippen LogP) is 2.22. The van der Waals surface area contributed by atoms with Crippen LogP contribution in [0.1, 0.15) is 51.9 Å². The third kappa shape index (κ3) is 3.01. The molecular weight excluding hydrogens is 244 g/mol. The van der Waals surface area contributed by atoms with E-state index in [1.165, 1.54) is 6.42 Å². The Labute approximate surface area is 114 Å². The summed E-state index contributed by atoms with van der Waals surface area (Å²) >= 11 is 0. The number of hydrogen-bond acceptors (Lipinski definition) is 2. The van der Waals surface area contributed by atoms with Gasteiger partial charge >= 0.3 is 12.0 Å². The van der Waals surface area contributed by atoms with Gasteiger partial charge in [-0.1, -0.05) is 26.2 Å². The molecule has 1 saturated carbocycles. The number of nitrogens with one attached hydrogen (secondary N) is 1. The smallest absolute Gasteiger partial charge is 0.329 e. The van der Waals surface area contributed by atoms with Crippen molar-refractivity contribution in [1.82, 2.24) is 10.2 Å². The van der Waals surface area contributed by atoms with E-state index in [4.69, 9.17) is 0 Å². The highest BCUT2D eigenvalue weighted by molar-refractivity contribution is 5.86. The monoisotopic (exact) mass is 268 g/mol. The van der Waals surface area contributed by atoms with Crippen molar-refractivity contribution in [3.8, 4) is 0 Å². The molecule has 0 aromatic carbocycles. The highest BCUT2D eigenvalue weighted by Gasteiger charge is 2.43. The Morgan fingerprint density at radius 1 is 1.32 bits per heavy atom. The lowest BCUT2D eigenvalue weighted by atomic mass is 9.95. The van der Waals surface area contributed by atoms with Crippen LogP contribution in [0.2, 0.25) is 0 Å². The van der Waals surface area contributed by atoms with Gasteiger partial charge in [-0.2, -0.15) is 0 Å². The quantitative estimate of drug-likeness (QED) is 0.824. The second-order valence-corrected chi connectivity index (χ2v) is 5.89. The van der Waals surface area contributed by atoms with Gasteiger partial charge in [0.1, 0.15) is 5.54 Å². The van der Waals surface area contributed by atoms with Gasteiger partial charge in [-0.05, 0) is 31.6 Å². The van der Waals surface area contributed by atoms with E-state index in [0.29, 0.717) is 18.8 Å². The molecule has 2 amide bonds. The van der Waals surface area contributed by atoms with Crippen molar-refractivity contribution < 1.29 is 14.7 Å². The van der Waals surface area contributed by atoms with Crippen LogP contribution < -0.4 is 5.32 Å². The van der Waals surface area contributed by atoms with Gasteiger partial charge in [-0.3, -0.25) is 0 Å². The molecule has 2 N–H and O–H groups in total. The van der Waals surface area contributed by atoms with Gasteiger partial charge in [0.15, 0.2) is 0 Å². The molecule has 1 saturated heterocycles. The highest BCUT2D eigenvalue weighted by atomic mass is 16.4. The van der Waals surface area contributed by atoms with Crippen molar-refractivity contribution in [3.63, 3.8) is 0 Å². The molecule has 5 nitrogen and oxygen atoms in total. The van der Waals surface area contributed by atoms with Crippen molar-refractivity contribution in [2.24, 2.45) is 5.92 Å². The minimum Gasteiger partial charge on any atom is -0.480 e. The molecule has 5 heteroatoms. The molecule has 1 unspecified atom stereocenters. The van der Waals surface area contributed by atoms with Gasteiger partial charge in [0.05, 0.1) is 0 Å². The third-order valence-electron chi connectivity index (χ3n) is 4.60. The van der Waals surface area contributed by atoms with Gasteiger partial charge in [0.25, 0.3) is 0 Å². The van der Waals surface area contributed by atoms with Gasteiger partial charge < -0.3 is 15.3 Å². The lowest BCUT2D eigenvalue weighted by Crippen LogP contribution is -2.57. The lowest BCUT2D eigenvalue weighted by Gasteiger charge is -2.35. The minimum atomic E-state index is -1.02. The van der Waals surface area contributed by atoms with E-state index in [-0.39, 0.29) is 6.03 Å². The third-order valence-corrected chi connectivity index (χ3v) is 4.60. The number of urea groups is 1. The van der Waals surface area contributed by atoms with E-state index in [0.717, 1.165) is 38.8 Å². The first-order chi connectivity index (χ1) is 9.07. The van der Waals surface area contributed by atoms with Gasteiger partial charge in [-0.25, -0.2) is 9.59 Å². The summed E-state index contributed by atoms with van der Waals surface area (Å²) in [5, 5.41) is 12.2. The second-order valence-electron chi connectivity index (χ2n) is 5.89. The Hall–Kier alpha value is -1.26. The summed E-state index contributed by atoms with van der Waals surface area (Å²) in [5.41, 5.74) is -1.02. The largest absolute Gasteiger partial charge is 0.480 e. The SMILES string of the molecule is CCC1CCCN(C(=O)NC2(C(=O)O)CCCC2)C1. The normalized spacial score (nSPS) is 26.2. The van der Waals surface area contributed by atoms with E-state index in [9.17, 15) is 14.7 Å². The number of aliphatic carboxylic acids is 1. The summed E-state index contributed by atoms with van der Waals surface area (Å²) in [6.45, 7) is 3.65. The second kappa shape index (κ2) is 5.80. The molecular formula is C14H24N2O3. The van der Waals surface area contributed by atoms with Crippen LogP contribution in [0, 0.1) is 5.92 Å². The van der Waals surface area contributed by atoms with Crippen LogP contribution >= 0.6 is 0 Å².